The molecule has 1 aliphatic rings. The molecule has 0 aromatic carbocycles. The summed E-state index contributed by atoms with van der Waals surface area (Å²) in [4.78, 5) is 12.3. The number of likely N-dealkylation sites (tertiary alicyclic amines) is 1. The third-order valence-corrected chi connectivity index (χ3v) is 3.70. The normalized spacial score (nSPS) is 24.5. The van der Waals surface area contributed by atoms with Gasteiger partial charge in [-0.25, -0.2) is 0 Å². The van der Waals surface area contributed by atoms with Crippen molar-refractivity contribution in [2.24, 2.45) is 5.41 Å². The van der Waals surface area contributed by atoms with Crippen LogP contribution in [0.15, 0.2) is 12.3 Å². The molecule has 1 fully saturated rings. The summed E-state index contributed by atoms with van der Waals surface area (Å²) in [6.07, 6.45) is 3.76. The Kier molecular flexibility index (Phi) is 4.16. The number of aromatic nitrogens is 2. The van der Waals surface area contributed by atoms with Crippen molar-refractivity contribution < 1.29 is 10.0 Å². The molecule has 7 nitrogen and oxygen atoms in total. The molecule has 1 aromatic rings. The molecular weight excluding hydrogens is 248 g/mol. The topological polar surface area (TPSA) is 84.4 Å². The molecule has 2 rings (SSSR count). The molecular formula is C12H20N4O3. The van der Waals surface area contributed by atoms with Gasteiger partial charge in [0.05, 0.1) is 23.9 Å². The molecule has 0 bridgehead atoms. The van der Waals surface area contributed by atoms with Gasteiger partial charge in [-0.05, 0) is 24.3 Å². The monoisotopic (exact) mass is 268 g/mol. The van der Waals surface area contributed by atoms with Gasteiger partial charge >= 0.3 is 5.82 Å². The molecule has 0 spiro atoms. The van der Waals surface area contributed by atoms with E-state index in [0.717, 1.165) is 32.5 Å². The van der Waals surface area contributed by atoms with Crippen LogP contribution in [0.3, 0.4) is 0 Å². The van der Waals surface area contributed by atoms with E-state index in [2.05, 4.69) is 16.9 Å². The van der Waals surface area contributed by atoms with Crippen molar-refractivity contribution in [3.8, 4) is 0 Å². The third-order valence-electron chi connectivity index (χ3n) is 3.70. The summed E-state index contributed by atoms with van der Waals surface area (Å²) in [7, 11) is 0. The van der Waals surface area contributed by atoms with Crippen LogP contribution in [0.4, 0.5) is 5.82 Å². The molecule has 2 heterocycles. The van der Waals surface area contributed by atoms with E-state index in [9.17, 15) is 15.2 Å². The average Bonchev–Trinajstić information content (AvgIpc) is 2.86. The number of aliphatic hydroxyl groups is 1. The molecule has 0 saturated carbocycles. The van der Waals surface area contributed by atoms with E-state index < -0.39 is 4.92 Å². The summed E-state index contributed by atoms with van der Waals surface area (Å²) < 4.78 is 1.60. The van der Waals surface area contributed by atoms with Gasteiger partial charge in [0.1, 0.15) is 0 Å². The highest BCUT2D eigenvalue weighted by atomic mass is 16.6. The van der Waals surface area contributed by atoms with Gasteiger partial charge in [-0.1, -0.05) is 6.92 Å². The minimum atomic E-state index is -0.486. The van der Waals surface area contributed by atoms with Gasteiger partial charge in [-0.15, -0.1) is 0 Å². The fourth-order valence-corrected chi connectivity index (χ4v) is 2.56. The molecule has 0 radical (unpaired) electrons. The summed E-state index contributed by atoms with van der Waals surface area (Å²) in [6.45, 7) is 5.62. The first-order chi connectivity index (χ1) is 9.02. The smallest absolute Gasteiger partial charge is 0.389 e. The van der Waals surface area contributed by atoms with Crippen molar-refractivity contribution in [1.82, 2.24) is 14.7 Å². The van der Waals surface area contributed by atoms with Gasteiger partial charge in [0.2, 0.25) is 0 Å². The van der Waals surface area contributed by atoms with Crippen LogP contribution in [-0.4, -0.2) is 51.0 Å². The summed E-state index contributed by atoms with van der Waals surface area (Å²) in [6, 6.07) is 1.41. The van der Waals surface area contributed by atoms with Crippen molar-refractivity contribution in [2.45, 2.75) is 26.3 Å². The standard InChI is InChI=1S/C12H20N4O3/c1-12(10-17)4-2-5-14(9-12)7-8-15-6-3-11(13-15)16(18)19/h3,6,17H,2,4-5,7-10H2,1H3. The van der Waals surface area contributed by atoms with E-state index in [1.54, 1.807) is 10.9 Å². The Morgan fingerprint density at radius 3 is 3.00 bits per heavy atom. The van der Waals surface area contributed by atoms with Crippen molar-refractivity contribution in [3.05, 3.63) is 22.4 Å². The van der Waals surface area contributed by atoms with Crippen molar-refractivity contribution >= 4 is 5.82 Å². The molecule has 1 aliphatic heterocycles. The SMILES string of the molecule is CC1(CO)CCCN(CCn2ccc([N+](=O)[O-])n2)C1. The third kappa shape index (κ3) is 3.51. The largest absolute Gasteiger partial charge is 0.396 e. The Morgan fingerprint density at radius 2 is 2.37 bits per heavy atom. The number of nitro groups is 1. The zero-order chi connectivity index (χ0) is 13.9. The molecule has 1 unspecified atom stereocenters. The maximum Gasteiger partial charge on any atom is 0.389 e. The van der Waals surface area contributed by atoms with E-state index in [1.165, 1.54) is 6.07 Å². The van der Waals surface area contributed by atoms with Crippen molar-refractivity contribution in [2.75, 3.05) is 26.2 Å². The zero-order valence-electron chi connectivity index (χ0n) is 11.2. The van der Waals surface area contributed by atoms with Crippen molar-refractivity contribution in [3.63, 3.8) is 0 Å². The zero-order valence-corrected chi connectivity index (χ0v) is 11.2. The van der Waals surface area contributed by atoms with Crippen molar-refractivity contribution in [1.29, 1.82) is 0 Å². The lowest BCUT2D eigenvalue weighted by molar-refractivity contribution is -0.389. The Labute approximate surface area is 112 Å². The van der Waals surface area contributed by atoms with E-state index in [-0.39, 0.29) is 17.8 Å². The van der Waals surface area contributed by atoms with Crippen LogP contribution in [0.5, 0.6) is 0 Å². The van der Waals surface area contributed by atoms with Crippen LogP contribution in [0.1, 0.15) is 19.8 Å². The second-order valence-electron chi connectivity index (χ2n) is 5.54. The first kappa shape index (κ1) is 14.0. The number of piperidine rings is 1. The summed E-state index contributed by atoms with van der Waals surface area (Å²) >= 11 is 0. The fourth-order valence-electron chi connectivity index (χ4n) is 2.56. The lowest BCUT2D eigenvalue weighted by atomic mass is 9.83. The summed E-state index contributed by atoms with van der Waals surface area (Å²) in [5.74, 6) is -0.112. The predicted molar refractivity (Wildman–Crippen MR) is 69.7 cm³/mol. The number of hydrogen-bond acceptors (Lipinski definition) is 5. The van der Waals surface area contributed by atoms with E-state index in [1.807, 2.05) is 0 Å². The Hall–Kier alpha value is -1.47. The summed E-state index contributed by atoms with van der Waals surface area (Å²) in [5.41, 5.74) is -0.0195. The molecule has 7 heteroatoms. The lowest BCUT2D eigenvalue weighted by Gasteiger charge is -2.39. The second kappa shape index (κ2) is 5.66. The van der Waals surface area contributed by atoms with Gasteiger partial charge < -0.3 is 20.1 Å². The highest BCUT2D eigenvalue weighted by Crippen LogP contribution is 2.28. The second-order valence-corrected chi connectivity index (χ2v) is 5.54. The molecule has 106 valence electrons. The van der Waals surface area contributed by atoms with Crippen LogP contribution < -0.4 is 0 Å². The minimum Gasteiger partial charge on any atom is -0.396 e. The molecule has 1 saturated heterocycles. The quantitative estimate of drug-likeness (QED) is 0.633. The number of rotatable bonds is 5. The van der Waals surface area contributed by atoms with Crippen LogP contribution in [0.2, 0.25) is 0 Å². The van der Waals surface area contributed by atoms with Gasteiger partial charge in [0, 0.05) is 25.1 Å². The molecule has 0 amide bonds. The van der Waals surface area contributed by atoms with Crippen LogP contribution in [-0.2, 0) is 6.54 Å². The van der Waals surface area contributed by atoms with E-state index >= 15 is 0 Å². The highest BCUT2D eigenvalue weighted by Gasteiger charge is 2.30. The van der Waals surface area contributed by atoms with E-state index in [4.69, 9.17) is 0 Å². The average molecular weight is 268 g/mol. The van der Waals surface area contributed by atoms with Crippen LogP contribution in [0.25, 0.3) is 0 Å². The Morgan fingerprint density at radius 1 is 1.58 bits per heavy atom. The number of hydrogen-bond donors (Lipinski definition) is 1. The lowest BCUT2D eigenvalue weighted by Crippen LogP contribution is -2.44. The predicted octanol–water partition coefficient (Wildman–Crippen LogP) is 0.886. The van der Waals surface area contributed by atoms with Gasteiger partial charge in [-0.2, -0.15) is 4.68 Å². The molecule has 1 atom stereocenters. The molecule has 19 heavy (non-hydrogen) atoms. The number of nitrogens with zero attached hydrogens (tertiary/aromatic N) is 4. The fraction of sp³-hybridized carbons (Fsp3) is 0.750. The van der Waals surface area contributed by atoms with Crippen LogP contribution in [0, 0.1) is 15.5 Å². The maximum absolute atomic E-state index is 10.5. The van der Waals surface area contributed by atoms with E-state index in [0.29, 0.717) is 6.54 Å². The van der Waals surface area contributed by atoms with Gasteiger partial charge in [0.15, 0.2) is 0 Å². The van der Waals surface area contributed by atoms with Crippen LogP contribution >= 0.6 is 0 Å². The first-order valence-electron chi connectivity index (χ1n) is 6.53. The molecule has 0 aliphatic carbocycles. The molecule has 1 aromatic heterocycles. The maximum atomic E-state index is 10.5. The highest BCUT2D eigenvalue weighted by molar-refractivity contribution is 5.13. The van der Waals surface area contributed by atoms with Gasteiger partial charge in [-0.3, -0.25) is 0 Å². The Bertz CT molecular complexity index is 448. The first-order valence-corrected chi connectivity index (χ1v) is 6.53. The molecule has 1 N–H and O–H groups in total. The van der Waals surface area contributed by atoms with Gasteiger partial charge in [0.25, 0.3) is 0 Å². The number of aliphatic hydroxyl groups excluding tert-OH is 1. The minimum absolute atomic E-state index is 0.0195. The Balaban J connectivity index is 1.86. The summed E-state index contributed by atoms with van der Waals surface area (Å²) in [5, 5.41) is 23.8.